The van der Waals surface area contributed by atoms with Gasteiger partial charge in [-0.15, -0.1) is 5.10 Å². The lowest BCUT2D eigenvalue weighted by Gasteiger charge is -2.11. The summed E-state index contributed by atoms with van der Waals surface area (Å²) in [7, 11) is 0. The second-order valence-electron chi connectivity index (χ2n) is 4.58. The predicted octanol–water partition coefficient (Wildman–Crippen LogP) is 2.87. The van der Waals surface area contributed by atoms with Crippen LogP contribution in [-0.4, -0.2) is 24.8 Å². The van der Waals surface area contributed by atoms with Crippen LogP contribution in [0.3, 0.4) is 0 Å². The lowest BCUT2D eigenvalue weighted by molar-refractivity contribution is -0.115. The number of fused-ring (bicyclic) bond motifs is 1. The van der Waals surface area contributed by atoms with Gasteiger partial charge in [-0.3, -0.25) is 4.79 Å². The van der Waals surface area contributed by atoms with Crippen LogP contribution in [0.15, 0.2) is 54.6 Å². The van der Waals surface area contributed by atoms with Gasteiger partial charge < -0.3 is 5.32 Å². The number of rotatable bonds is 4. The molecular formula is C15H13IN4O. The minimum atomic E-state index is -0.229. The van der Waals surface area contributed by atoms with Gasteiger partial charge in [0, 0.05) is 5.69 Å². The van der Waals surface area contributed by atoms with Gasteiger partial charge in [0.05, 0.1) is 12.1 Å². The van der Waals surface area contributed by atoms with E-state index in [1.165, 1.54) is 0 Å². The quantitative estimate of drug-likeness (QED) is 0.549. The van der Waals surface area contributed by atoms with Crippen LogP contribution in [0.25, 0.3) is 11.0 Å². The van der Waals surface area contributed by atoms with E-state index < -0.39 is 0 Å². The van der Waals surface area contributed by atoms with Crippen molar-refractivity contribution in [2.24, 2.45) is 0 Å². The number of nitrogens with zero attached hydrogens (tertiary/aromatic N) is 3. The third-order valence-corrected chi connectivity index (χ3v) is 4.04. The third-order valence-electron chi connectivity index (χ3n) is 3.08. The van der Waals surface area contributed by atoms with Crippen LogP contribution in [-0.2, 0) is 11.3 Å². The molecule has 5 nitrogen and oxygen atoms in total. The Labute approximate surface area is 135 Å². The summed E-state index contributed by atoms with van der Waals surface area (Å²) < 4.78 is 1.53. The maximum atomic E-state index is 12.2. The van der Waals surface area contributed by atoms with Crippen molar-refractivity contribution < 1.29 is 4.79 Å². The monoisotopic (exact) mass is 392 g/mol. The molecule has 1 aromatic heterocycles. The Morgan fingerprint density at radius 1 is 1.14 bits per heavy atom. The van der Waals surface area contributed by atoms with E-state index in [1.54, 1.807) is 4.68 Å². The zero-order valence-electron chi connectivity index (χ0n) is 11.1. The van der Waals surface area contributed by atoms with E-state index >= 15 is 0 Å². The fourth-order valence-corrected chi connectivity index (χ4v) is 2.56. The molecule has 0 saturated carbocycles. The van der Waals surface area contributed by atoms with Crippen LogP contribution in [0.2, 0.25) is 0 Å². The van der Waals surface area contributed by atoms with E-state index in [9.17, 15) is 4.79 Å². The van der Waals surface area contributed by atoms with Gasteiger partial charge in [-0.05, 0) is 24.3 Å². The molecule has 1 heterocycles. The molecule has 6 heteroatoms. The number of nitrogens with one attached hydrogen (secondary N) is 1. The number of carbonyl (C=O) groups is 1. The Morgan fingerprint density at radius 2 is 1.86 bits per heavy atom. The van der Waals surface area contributed by atoms with Gasteiger partial charge in [-0.25, -0.2) is 4.68 Å². The maximum absolute atomic E-state index is 12.2. The number of halogens is 1. The summed E-state index contributed by atoms with van der Waals surface area (Å²) >= 11 is 2.13. The average molecular weight is 392 g/mol. The van der Waals surface area contributed by atoms with Crippen LogP contribution in [0.4, 0.5) is 5.69 Å². The van der Waals surface area contributed by atoms with Crippen molar-refractivity contribution in [1.29, 1.82) is 0 Å². The Balaban J connectivity index is 1.71. The predicted molar refractivity (Wildman–Crippen MR) is 90.4 cm³/mol. The standard InChI is InChI=1S/C15H13IN4O/c16-12(15(21)17-11-6-2-1-3-7-11)10-20-14-9-5-4-8-13(14)18-19-20/h1-9,12H,10H2,(H,17,21)/t12-/m1/s1. The molecule has 106 valence electrons. The van der Waals surface area contributed by atoms with E-state index in [0.29, 0.717) is 6.54 Å². The summed E-state index contributed by atoms with van der Waals surface area (Å²) in [6.45, 7) is 0.486. The van der Waals surface area contributed by atoms with Gasteiger partial charge in [0.25, 0.3) is 0 Å². The Kier molecular flexibility index (Phi) is 4.14. The molecule has 1 amide bonds. The number of para-hydroxylation sites is 2. The molecule has 1 N–H and O–H groups in total. The molecule has 2 aromatic carbocycles. The molecule has 0 aliphatic heterocycles. The maximum Gasteiger partial charge on any atom is 0.239 e. The molecule has 0 saturated heterocycles. The summed E-state index contributed by atoms with van der Waals surface area (Å²) in [6.07, 6.45) is 0. The molecule has 0 bridgehead atoms. The largest absolute Gasteiger partial charge is 0.325 e. The van der Waals surface area contributed by atoms with Crippen molar-refractivity contribution in [3.05, 3.63) is 54.6 Å². The normalized spacial score (nSPS) is 12.2. The van der Waals surface area contributed by atoms with E-state index in [2.05, 4.69) is 38.2 Å². The molecule has 3 aromatic rings. The highest BCUT2D eigenvalue weighted by atomic mass is 127. The highest BCUT2D eigenvalue weighted by molar-refractivity contribution is 14.1. The van der Waals surface area contributed by atoms with Gasteiger partial charge in [-0.2, -0.15) is 0 Å². The molecule has 0 spiro atoms. The molecule has 0 aliphatic carbocycles. The van der Waals surface area contributed by atoms with Gasteiger partial charge >= 0.3 is 0 Å². The summed E-state index contributed by atoms with van der Waals surface area (Å²) in [5.74, 6) is -0.0404. The van der Waals surface area contributed by atoms with E-state index in [-0.39, 0.29) is 9.83 Å². The number of aromatic nitrogens is 3. The number of hydrogen-bond donors (Lipinski definition) is 1. The second-order valence-corrected chi connectivity index (χ2v) is 6.09. The summed E-state index contributed by atoms with van der Waals surface area (Å²) in [6, 6.07) is 17.2. The first-order chi connectivity index (χ1) is 10.2. The smallest absolute Gasteiger partial charge is 0.239 e. The Morgan fingerprint density at radius 3 is 2.67 bits per heavy atom. The fraction of sp³-hybridized carbons (Fsp3) is 0.133. The van der Waals surface area contributed by atoms with Crippen LogP contribution in [0, 0.1) is 0 Å². The molecule has 0 aliphatic rings. The summed E-state index contributed by atoms with van der Waals surface area (Å²) in [4.78, 5) is 12.2. The number of amides is 1. The number of hydrogen-bond acceptors (Lipinski definition) is 3. The topological polar surface area (TPSA) is 59.8 Å². The molecule has 0 unspecified atom stereocenters. The highest BCUT2D eigenvalue weighted by Gasteiger charge is 2.17. The van der Waals surface area contributed by atoms with Crippen molar-refractivity contribution in [2.75, 3.05) is 5.32 Å². The summed E-state index contributed by atoms with van der Waals surface area (Å²) in [5.41, 5.74) is 2.57. The van der Waals surface area contributed by atoms with Crippen molar-refractivity contribution in [3.8, 4) is 0 Å². The molecule has 3 rings (SSSR count). The third kappa shape index (κ3) is 3.21. The van der Waals surface area contributed by atoms with Crippen molar-refractivity contribution >= 4 is 45.2 Å². The molecule has 0 fully saturated rings. The fourth-order valence-electron chi connectivity index (χ4n) is 2.03. The SMILES string of the molecule is O=C(Nc1ccccc1)[C@H](I)Cn1nnc2ccccc21. The van der Waals surface area contributed by atoms with Gasteiger partial charge in [0.1, 0.15) is 9.44 Å². The Bertz CT molecular complexity index is 756. The van der Waals surface area contributed by atoms with Crippen molar-refractivity contribution in [3.63, 3.8) is 0 Å². The van der Waals surface area contributed by atoms with Crippen LogP contribution < -0.4 is 5.32 Å². The summed E-state index contributed by atoms with van der Waals surface area (Å²) in [5, 5.41) is 11.1. The van der Waals surface area contributed by atoms with Gasteiger partial charge in [0.2, 0.25) is 5.91 Å². The van der Waals surface area contributed by atoms with Crippen LogP contribution in [0.1, 0.15) is 0 Å². The zero-order chi connectivity index (χ0) is 14.7. The highest BCUT2D eigenvalue weighted by Crippen LogP contribution is 2.14. The molecule has 21 heavy (non-hydrogen) atoms. The van der Waals surface area contributed by atoms with E-state index in [4.69, 9.17) is 0 Å². The number of alkyl halides is 1. The first-order valence-electron chi connectivity index (χ1n) is 6.52. The van der Waals surface area contributed by atoms with Gasteiger partial charge in [-0.1, -0.05) is 58.1 Å². The minimum Gasteiger partial charge on any atom is -0.325 e. The number of carbonyl (C=O) groups excluding carboxylic acids is 1. The van der Waals surface area contributed by atoms with E-state index in [0.717, 1.165) is 16.7 Å². The zero-order valence-corrected chi connectivity index (χ0v) is 13.3. The van der Waals surface area contributed by atoms with Crippen molar-refractivity contribution in [2.45, 2.75) is 10.5 Å². The first kappa shape index (κ1) is 14.0. The number of anilines is 1. The Hall–Kier alpha value is -1.96. The second kappa shape index (κ2) is 6.21. The van der Waals surface area contributed by atoms with Crippen LogP contribution >= 0.6 is 22.6 Å². The van der Waals surface area contributed by atoms with Gasteiger partial charge in [0.15, 0.2) is 0 Å². The lowest BCUT2D eigenvalue weighted by atomic mass is 10.3. The van der Waals surface area contributed by atoms with Crippen LogP contribution in [0.5, 0.6) is 0 Å². The van der Waals surface area contributed by atoms with E-state index in [1.807, 2.05) is 54.6 Å². The lowest BCUT2D eigenvalue weighted by Crippen LogP contribution is -2.27. The minimum absolute atomic E-state index is 0.0404. The first-order valence-corrected chi connectivity index (χ1v) is 7.77. The van der Waals surface area contributed by atoms with Crippen molar-refractivity contribution in [1.82, 2.24) is 15.0 Å². The number of benzene rings is 2. The molecule has 1 atom stereocenters. The average Bonchev–Trinajstić information content (AvgIpc) is 2.91. The molecular weight excluding hydrogens is 379 g/mol. The molecule has 0 radical (unpaired) electrons.